The Kier molecular flexibility index (Phi) is 8.48. The predicted molar refractivity (Wildman–Crippen MR) is 158 cm³/mol. The molecule has 0 amide bonds. The molecule has 2 fully saturated rings. The fraction of sp³-hybridized carbons (Fsp3) is 0.452. The minimum absolute atomic E-state index is 0.333. The summed E-state index contributed by atoms with van der Waals surface area (Å²) in [7, 11) is 2.12. The van der Waals surface area contributed by atoms with Gasteiger partial charge in [-0.2, -0.15) is 9.97 Å². The van der Waals surface area contributed by atoms with Gasteiger partial charge in [0.05, 0.1) is 24.2 Å². The van der Waals surface area contributed by atoms with Gasteiger partial charge in [-0.05, 0) is 56.8 Å². The molecule has 0 radical (unpaired) electrons. The molecule has 4 aromatic rings. The number of imidazole rings is 1. The highest BCUT2D eigenvalue weighted by molar-refractivity contribution is 5.78. The standard InChI is InChI=1S/C31H37F2N7O2/c1-38(20-22-6-2-5-9-26(22)41)23-12-10-21(11-13-23)19-34-31-36-27(39-14-16-42-17-15-39)18-28(37-31)40-25-8-4-3-7-24(25)35-30(40)29(32)33/h2-9,18,21,23,29,41H,10-17,19-20H2,1H3,(H,34,36,37). The number of nitrogens with one attached hydrogen (secondary N) is 1. The van der Waals surface area contributed by atoms with Crippen molar-refractivity contribution in [2.75, 3.05) is 50.1 Å². The number of ether oxygens (including phenoxy) is 1. The first-order chi connectivity index (χ1) is 20.5. The van der Waals surface area contributed by atoms with Gasteiger partial charge in [0.15, 0.2) is 5.82 Å². The number of phenols is 1. The maximum Gasteiger partial charge on any atom is 0.296 e. The van der Waals surface area contributed by atoms with Crippen LogP contribution in [0.15, 0.2) is 54.6 Å². The summed E-state index contributed by atoms with van der Waals surface area (Å²) in [5.74, 6) is 1.92. The first-order valence-electron chi connectivity index (χ1n) is 14.6. The van der Waals surface area contributed by atoms with Crippen molar-refractivity contribution in [3.05, 3.63) is 66.0 Å². The molecule has 2 aromatic carbocycles. The highest BCUT2D eigenvalue weighted by Crippen LogP contribution is 2.31. The van der Waals surface area contributed by atoms with Crippen LogP contribution in [0.25, 0.3) is 16.9 Å². The smallest absolute Gasteiger partial charge is 0.296 e. The van der Waals surface area contributed by atoms with Crippen LogP contribution in [0.1, 0.15) is 43.5 Å². The van der Waals surface area contributed by atoms with Crippen molar-refractivity contribution in [3.8, 4) is 11.6 Å². The van der Waals surface area contributed by atoms with Gasteiger partial charge in [0.1, 0.15) is 17.4 Å². The second-order valence-corrected chi connectivity index (χ2v) is 11.2. The molecule has 2 N–H and O–H groups in total. The Hall–Kier alpha value is -3.83. The summed E-state index contributed by atoms with van der Waals surface area (Å²) in [6.45, 7) is 3.92. The molecule has 0 bridgehead atoms. The lowest BCUT2D eigenvalue weighted by molar-refractivity contribution is 0.122. The fourth-order valence-corrected chi connectivity index (χ4v) is 6.07. The van der Waals surface area contributed by atoms with Gasteiger partial charge in [-0.3, -0.25) is 9.47 Å². The molecule has 2 aromatic heterocycles. The maximum absolute atomic E-state index is 14.1. The number of halogens is 2. The van der Waals surface area contributed by atoms with Crippen LogP contribution >= 0.6 is 0 Å². The number of nitrogens with zero attached hydrogens (tertiary/aromatic N) is 6. The third-order valence-corrected chi connectivity index (χ3v) is 8.45. The highest BCUT2D eigenvalue weighted by atomic mass is 19.3. The molecule has 2 aliphatic rings. The number of rotatable bonds is 9. The number of phenolic OH excluding ortho intramolecular Hbond substituents is 1. The van der Waals surface area contributed by atoms with E-state index in [1.165, 1.54) is 4.57 Å². The number of morpholine rings is 1. The molecule has 9 nitrogen and oxygen atoms in total. The number of benzene rings is 2. The average molecular weight is 578 g/mol. The van der Waals surface area contributed by atoms with Crippen molar-refractivity contribution in [3.63, 3.8) is 0 Å². The average Bonchev–Trinajstić information content (AvgIpc) is 3.42. The van der Waals surface area contributed by atoms with Crippen LogP contribution in [0.3, 0.4) is 0 Å². The third kappa shape index (κ3) is 6.17. The van der Waals surface area contributed by atoms with E-state index in [1.54, 1.807) is 30.3 Å². The van der Waals surface area contributed by atoms with Gasteiger partial charge in [0, 0.05) is 43.9 Å². The molecule has 0 unspecified atom stereocenters. The molecule has 0 spiro atoms. The summed E-state index contributed by atoms with van der Waals surface area (Å²) >= 11 is 0. The Morgan fingerprint density at radius 3 is 2.45 bits per heavy atom. The molecular weight excluding hydrogens is 540 g/mol. The van der Waals surface area contributed by atoms with Crippen LogP contribution in [0.4, 0.5) is 20.5 Å². The van der Waals surface area contributed by atoms with Crippen LogP contribution in [-0.4, -0.2) is 75.5 Å². The van der Waals surface area contributed by atoms with Crippen LogP contribution in [0.5, 0.6) is 5.75 Å². The number of aromatic nitrogens is 4. The Labute approximate surface area is 244 Å². The molecule has 0 atom stereocenters. The second kappa shape index (κ2) is 12.6. The zero-order valence-electron chi connectivity index (χ0n) is 23.8. The zero-order valence-corrected chi connectivity index (χ0v) is 23.8. The SMILES string of the molecule is CN(Cc1ccccc1O)C1CCC(CNc2nc(N3CCOCC3)cc(-n3c(C(F)F)nc4ccccc43)n2)CC1. The van der Waals surface area contributed by atoms with Gasteiger partial charge in [0.2, 0.25) is 5.95 Å². The molecular formula is C31H37F2N7O2. The lowest BCUT2D eigenvalue weighted by Gasteiger charge is -2.35. The predicted octanol–water partition coefficient (Wildman–Crippen LogP) is 5.40. The number of alkyl halides is 2. The Bertz CT molecular complexity index is 1500. The summed E-state index contributed by atoms with van der Waals surface area (Å²) in [5.41, 5.74) is 2.02. The van der Waals surface area contributed by atoms with Gasteiger partial charge >= 0.3 is 0 Å². The van der Waals surface area contributed by atoms with E-state index >= 15 is 0 Å². The minimum atomic E-state index is -2.75. The van der Waals surface area contributed by atoms with Crippen LogP contribution in [0, 0.1) is 5.92 Å². The highest BCUT2D eigenvalue weighted by Gasteiger charge is 2.26. The number of aromatic hydroxyl groups is 1. The van der Waals surface area contributed by atoms with E-state index in [0.29, 0.717) is 79.2 Å². The van der Waals surface area contributed by atoms with E-state index in [0.717, 1.165) is 37.8 Å². The summed E-state index contributed by atoms with van der Waals surface area (Å²) in [5, 5.41) is 13.6. The molecule has 11 heteroatoms. The van der Waals surface area contributed by atoms with E-state index in [4.69, 9.17) is 14.7 Å². The second-order valence-electron chi connectivity index (χ2n) is 11.2. The van der Waals surface area contributed by atoms with Crippen LogP contribution < -0.4 is 10.2 Å². The topological polar surface area (TPSA) is 91.6 Å². The van der Waals surface area contributed by atoms with Gasteiger partial charge in [-0.1, -0.05) is 30.3 Å². The van der Waals surface area contributed by atoms with E-state index in [1.807, 2.05) is 24.3 Å². The van der Waals surface area contributed by atoms with E-state index in [-0.39, 0.29) is 5.82 Å². The van der Waals surface area contributed by atoms with Crippen molar-refractivity contribution < 1.29 is 18.6 Å². The molecule has 3 heterocycles. The number of hydrogen-bond donors (Lipinski definition) is 2. The quantitative estimate of drug-likeness (QED) is 0.273. The van der Waals surface area contributed by atoms with E-state index in [2.05, 4.69) is 27.1 Å². The Balaban J connectivity index is 1.18. The Morgan fingerprint density at radius 1 is 0.976 bits per heavy atom. The number of fused-ring (bicyclic) bond motifs is 1. The molecule has 1 saturated heterocycles. The largest absolute Gasteiger partial charge is 0.508 e. The summed E-state index contributed by atoms with van der Waals surface area (Å²) in [4.78, 5) is 18.2. The van der Waals surface area contributed by atoms with Gasteiger partial charge < -0.3 is 20.1 Å². The maximum atomic E-state index is 14.1. The Morgan fingerprint density at radius 2 is 1.69 bits per heavy atom. The fourth-order valence-electron chi connectivity index (χ4n) is 6.07. The monoisotopic (exact) mass is 577 g/mol. The van der Waals surface area contributed by atoms with Crippen molar-refractivity contribution in [1.29, 1.82) is 0 Å². The zero-order chi connectivity index (χ0) is 29.1. The first kappa shape index (κ1) is 28.3. The van der Waals surface area contributed by atoms with Gasteiger partial charge in [-0.15, -0.1) is 0 Å². The van der Waals surface area contributed by atoms with E-state index < -0.39 is 6.43 Å². The van der Waals surface area contributed by atoms with Crippen molar-refractivity contribution in [2.24, 2.45) is 5.92 Å². The molecule has 222 valence electrons. The van der Waals surface area contributed by atoms with Gasteiger partial charge in [0.25, 0.3) is 6.43 Å². The first-order valence-corrected chi connectivity index (χ1v) is 14.6. The summed E-state index contributed by atoms with van der Waals surface area (Å²) in [6.07, 6.45) is 1.49. The van der Waals surface area contributed by atoms with Crippen molar-refractivity contribution in [2.45, 2.75) is 44.7 Å². The normalized spacial score (nSPS) is 19.6. The van der Waals surface area contributed by atoms with Crippen LogP contribution in [-0.2, 0) is 11.3 Å². The lowest BCUT2D eigenvalue weighted by atomic mass is 9.85. The molecule has 1 saturated carbocycles. The van der Waals surface area contributed by atoms with Crippen molar-refractivity contribution >= 4 is 22.8 Å². The number of anilines is 2. The van der Waals surface area contributed by atoms with Crippen molar-refractivity contribution in [1.82, 2.24) is 24.4 Å². The van der Waals surface area contributed by atoms with Gasteiger partial charge in [-0.25, -0.2) is 13.8 Å². The molecule has 42 heavy (non-hydrogen) atoms. The van der Waals surface area contributed by atoms with Crippen LogP contribution in [0.2, 0.25) is 0 Å². The third-order valence-electron chi connectivity index (χ3n) is 8.45. The lowest BCUT2D eigenvalue weighted by Crippen LogP contribution is -2.37. The summed E-state index contributed by atoms with van der Waals surface area (Å²) < 4.78 is 35.3. The molecule has 1 aliphatic heterocycles. The molecule has 6 rings (SSSR count). The number of hydrogen-bond acceptors (Lipinski definition) is 8. The number of para-hydroxylation sites is 3. The molecule has 1 aliphatic carbocycles. The van der Waals surface area contributed by atoms with E-state index in [9.17, 15) is 13.9 Å². The minimum Gasteiger partial charge on any atom is -0.508 e. The summed E-state index contributed by atoms with van der Waals surface area (Å²) in [6, 6.07) is 16.8.